The first-order valence-corrected chi connectivity index (χ1v) is 8.34. The first-order valence-electron chi connectivity index (χ1n) is 6.76. The fourth-order valence-electron chi connectivity index (χ4n) is 2.60. The van der Waals surface area contributed by atoms with Crippen LogP contribution in [0.1, 0.15) is 31.4 Å². The lowest BCUT2D eigenvalue weighted by Crippen LogP contribution is -2.45. The standard InChI is InChI=1S/C14H20Br2N2O/c1-2-3-13(18-6-4-17-5-7-18)10-8-11(15)14(19)12(16)9-10/h8-9,13,17,19H,2-7H2,1H3/t13-/m1/s1. The normalized spacial score (nSPS) is 18.5. The molecule has 0 unspecified atom stereocenters. The van der Waals surface area contributed by atoms with Gasteiger partial charge in [0.2, 0.25) is 0 Å². The van der Waals surface area contributed by atoms with Crippen molar-refractivity contribution >= 4 is 31.9 Å². The average Bonchev–Trinajstić information content (AvgIpc) is 2.42. The van der Waals surface area contributed by atoms with Gasteiger partial charge in [0.1, 0.15) is 5.75 Å². The lowest BCUT2D eigenvalue weighted by atomic mass is 10.00. The molecule has 1 aliphatic heterocycles. The Kier molecular flexibility index (Phi) is 5.69. The Morgan fingerprint density at radius 2 is 1.84 bits per heavy atom. The van der Waals surface area contributed by atoms with E-state index in [9.17, 15) is 5.11 Å². The van der Waals surface area contributed by atoms with Gasteiger partial charge in [-0.3, -0.25) is 4.90 Å². The van der Waals surface area contributed by atoms with Crippen LogP contribution in [0.4, 0.5) is 0 Å². The molecule has 0 bridgehead atoms. The molecule has 0 spiro atoms. The molecule has 0 radical (unpaired) electrons. The first kappa shape index (κ1) is 15.3. The number of hydrogen-bond acceptors (Lipinski definition) is 3. The Morgan fingerprint density at radius 1 is 1.26 bits per heavy atom. The van der Waals surface area contributed by atoms with Gasteiger partial charge in [-0.2, -0.15) is 0 Å². The van der Waals surface area contributed by atoms with Crippen LogP contribution in [-0.2, 0) is 0 Å². The number of benzene rings is 1. The molecule has 1 heterocycles. The Balaban J connectivity index is 2.27. The Bertz CT molecular complexity index is 410. The number of piperazine rings is 1. The van der Waals surface area contributed by atoms with Gasteiger partial charge in [-0.05, 0) is 56.0 Å². The van der Waals surface area contributed by atoms with Crippen LogP contribution in [0.5, 0.6) is 5.75 Å². The van der Waals surface area contributed by atoms with Gasteiger partial charge in [-0.15, -0.1) is 0 Å². The maximum atomic E-state index is 9.84. The molecule has 1 saturated heterocycles. The number of rotatable bonds is 4. The summed E-state index contributed by atoms with van der Waals surface area (Å²) in [5.74, 6) is 0.277. The molecule has 0 aliphatic carbocycles. The van der Waals surface area contributed by atoms with Gasteiger partial charge in [0.15, 0.2) is 0 Å². The van der Waals surface area contributed by atoms with Crippen molar-refractivity contribution in [1.29, 1.82) is 0 Å². The molecular formula is C14H20Br2N2O. The van der Waals surface area contributed by atoms with Gasteiger partial charge >= 0.3 is 0 Å². The summed E-state index contributed by atoms with van der Waals surface area (Å²) in [4.78, 5) is 2.53. The van der Waals surface area contributed by atoms with Crippen LogP contribution in [0.15, 0.2) is 21.1 Å². The molecule has 106 valence electrons. The summed E-state index contributed by atoms with van der Waals surface area (Å²) in [5, 5.41) is 13.2. The molecule has 0 aromatic heterocycles. The highest BCUT2D eigenvalue weighted by Gasteiger charge is 2.22. The summed E-state index contributed by atoms with van der Waals surface area (Å²) in [7, 11) is 0. The number of aromatic hydroxyl groups is 1. The van der Waals surface area contributed by atoms with Crippen LogP contribution >= 0.6 is 31.9 Å². The number of phenolic OH excluding ortho intramolecular Hbond substituents is 1. The number of nitrogens with one attached hydrogen (secondary N) is 1. The van der Waals surface area contributed by atoms with Crippen molar-refractivity contribution in [3.05, 3.63) is 26.6 Å². The second-order valence-electron chi connectivity index (χ2n) is 4.92. The van der Waals surface area contributed by atoms with Crippen LogP contribution in [-0.4, -0.2) is 36.2 Å². The minimum absolute atomic E-state index is 0.277. The molecule has 19 heavy (non-hydrogen) atoms. The third-order valence-electron chi connectivity index (χ3n) is 3.58. The second kappa shape index (κ2) is 7.07. The Hall–Kier alpha value is -0.100. The predicted octanol–water partition coefficient (Wildman–Crippen LogP) is 3.66. The van der Waals surface area contributed by atoms with Crippen molar-refractivity contribution < 1.29 is 5.11 Å². The van der Waals surface area contributed by atoms with E-state index in [2.05, 4.69) is 49.0 Å². The van der Waals surface area contributed by atoms with E-state index in [4.69, 9.17) is 0 Å². The lowest BCUT2D eigenvalue weighted by molar-refractivity contribution is 0.164. The van der Waals surface area contributed by atoms with Gasteiger partial charge in [0.05, 0.1) is 8.95 Å². The maximum absolute atomic E-state index is 9.84. The van der Waals surface area contributed by atoms with Gasteiger partial charge in [-0.25, -0.2) is 0 Å². The summed E-state index contributed by atoms with van der Waals surface area (Å²) in [6.45, 7) is 6.50. The zero-order valence-electron chi connectivity index (χ0n) is 11.1. The van der Waals surface area contributed by atoms with E-state index in [1.807, 2.05) is 12.1 Å². The molecule has 1 aliphatic rings. The van der Waals surface area contributed by atoms with E-state index in [-0.39, 0.29) is 5.75 Å². The van der Waals surface area contributed by atoms with Gasteiger partial charge in [0.25, 0.3) is 0 Å². The average molecular weight is 392 g/mol. The fourth-order valence-corrected chi connectivity index (χ4v) is 3.83. The summed E-state index contributed by atoms with van der Waals surface area (Å²) < 4.78 is 1.52. The van der Waals surface area contributed by atoms with Crippen molar-refractivity contribution in [2.24, 2.45) is 0 Å². The summed E-state index contributed by atoms with van der Waals surface area (Å²) in [5.41, 5.74) is 1.26. The molecule has 5 heteroatoms. The highest BCUT2D eigenvalue weighted by atomic mass is 79.9. The molecule has 2 rings (SSSR count). The molecule has 1 atom stereocenters. The smallest absolute Gasteiger partial charge is 0.143 e. The van der Waals surface area contributed by atoms with E-state index >= 15 is 0 Å². The first-order chi connectivity index (χ1) is 9.13. The highest BCUT2D eigenvalue weighted by Crippen LogP contribution is 2.37. The monoisotopic (exact) mass is 390 g/mol. The van der Waals surface area contributed by atoms with Crippen LogP contribution in [0, 0.1) is 0 Å². The summed E-state index contributed by atoms with van der Waals surface area (Å²) in [6.07, 6.45) is 2.30. The third kappa shape index (κ3) is 3.72. The van der Waals surface area contributed by atoms with E-state index in [1.165, 1.54) is 5.56 Å². The summed E-state index contributed by atoms with van der Waals surface area (Å²) in [6, 6.07) is 4.52. The Labute approximate surface area is 131 Å². The van der Waals surface area contributed by atoms with Crippen LogP contribution in [0.25, 0.3) is 0 Å². The zero-order valence-corrected chi connectivity index (χ0v) is 14.3. The lowest BCUT2D eigenvalue weighted by Gasteiger charge is -2.35. The molecular weight excluding hydrogens is 372 g/mol. The Morgan fingerprint density at radius 3 is 2.37 bits per heavy atom. The van der Waals surface area contributed by atoms with Crippen LogP contribution < -0.4 is 5.32 Å². The minimum atomic E-state index is 0.277. The molecule has 0 amide bonds. The molecule has 1 fully saturated rings. The van der Waals surface area contributed by atoms with Gasteiger partial charge < -0.3 is 10.4 Å². The van der Waals surface area contributed by atoms with E-state index in [0.717, 1.165) is 48.0 Å². The van der Waals surface area contributed by atoms with E-state index < -0.39 is 0 Å². The van der Waals surface area contributed by atoms with Crippen LogP contribution in [0.3, 0.4) is 0 Å². The SMILES string of the molecule is CCC[C@H](c1cc(Br)c(O)c(Br)c1)N1CCNCC1. The molecule has 2 N–H and O–H groups in total. The molecule has 1 aromatic rings. The number of phenols is 1. The van der Waals surface area contributed by atoms with E-state index in [0.29, 0.717) is 6.04 Å². The molecule has 3 nitrogen and oxygen atoms in total. The highest BCUT2D eigenvalue weighted by molar-refractivity contribution is 9.11. The van der Waals surface area contributed by atoms with E-state index in [1.54, 1.807) is 0 Å². The van der Waals surface area contributed by atoms with Crippen molar-refractivity contribution in [3.63, 3.8) is 0 Å². The van der Waals surface area contributed by atoms with Gasteiger partial charge in [0, 0.05) is 32.2 Å². The number of nitrogens with zero attached hydrogens (tertiary/aromatic N) is 1. The van der Waals surface area contributed by atoms with Crippen LogP contribution in [0.2, 0.25) is 0 Å². The topological polar surface area (TPSA) is 35.5 Å². The minimum Gasteiger partial charge on any atom is -0.506 e. The van der Waals surface area contributed by atoms with Gasteiger partial charge in [-0.1, -0.05) is 13.3 Å². The van der Waals surface area contributed by atoms with Crippen molar-refractivity contribution in [2.45, 2.75) is 25.8 Å². The molecule has 0 saturated carbocycles. The van der Waals surface area contributed by atoms with Crippen molar-refractivity contribution in [1.82, 2.24) is 10.2 Å². The zero-order chi connectivity index (χ0) is 13.8. The largest absolute Gasteiger partial charge is 0.506 e. The maximum Gasteiger partial charge on any atom is 0.143 e. The third-order valence-corrected chi connectivity index (χ3v) is 4.79. The number of halogens is 2. The number of hydrogen-bond donors (Lipinski definition) is 2. The quantitative estimate of drug-likeness (QED) is 0.821. The second-order valence-corrected chi connectivity index (χ2v) is 6.63. The summed E-state index contributed by atoms with van der Waals surface area (Å²) >= 11 is 6.86. The van der Waals surface area contributed by atoms with Crippen molar-refractivity contribution in [2.75, 3.05) is 26.2 Å². The molecule has 1 aromatic carbocycles. The van der Waals surface area contributed by atoms with Crippen molar-refractivity contribution in [3.8, 4) is 5.75 Å². The predicted molar refractivity (Wildman–Crippen MR) is 85.6 cm³/mol. The fraction of sp³-hybridized carbons (Fsp3) is 0.571.